The van der Waals surface area contributed by atoms with Crippen molar-refractivity contribution in [2.24, 2.45) is 0 Å². The summed E-state index contributed by atoms with van der Waals surface area (Å²) in [5.41, 5.74) is 6.41. The molecule has 0 spiro atoms. The summed E-state index contributed by atoms with van der Waals surface area (Å²) in [6.45, 7) is 2.49. The van der Waals surface area contributed by atoms with Gasteiger partial charge in [0.05, 0.1) is 22.5 Å². The maximum Gasteiger partial charge on any atom is 0.356 e. The van der Waals surface area contributed by atoms with Crippen LogP contribution < -0.4 is 5.56 Å². The molecule has 172 valence electrons. The van der Waals surface area contributed by atoms with E-state index in [1.165, 1.54) is 0 Å². The number of carbonyl (C=O) groups is 1. The van der Waals surface area contributed by atoms with Crippen molar-refractivity contribution in [3.05, 3.63) is 103 Å². The number of ether oxygens (including phenoxy) is 1. The molecular weight excluding hydrogens is 516 g/mol. The zero-order valence-corrected chi connectivity index (χ0v) is 20.9. The normalized spacial score (nSPS) is 12.2. The van der Waals surface area contributed by atoms with Crippen LogP contribution in [0.1, 0.15) is 34.1 Å². The van der Waals surface area contributed by atoms with Gasteiger partial charge in [-0.15, -0.1) is 0 Å². The number of hydrogen-bond donors (Lipinski definition) is 1. The lowest BCUT2D eigenvalue weighted by molar-refractivity contribution is 0.0513. The van der Waals surface area contributed by atoms with Gasteiger partial charge in [-0.2, -0.15) is 0 Å². The lowest BCUT2D eigenvalue weighted by atomic mass is 9.92. The topological polar surface area (TPSA) is 64.1 Å². The number of rotatable bonds is 5. The van der Waals surface area contributed by atoms with Crippen molar-refractivity contribution in [3.8, 4) is 22.5 Å². The second-order valence-electron chi connectivity index (χ2n) is 8.20. The molecule has 2 aromatic heterocycles. The van der Waals surface area contributed by atoms with Crippen molar-refractivity contribution >= 4 is 33.5 Å². The van der Waals surface area contributed by atoms with Crippen LogP contribution in [0.15, 0.2) is 69.9 Å². The molecule has 4 aromatic rings. The molecule has 1 aliphatic carbocycles. The number of fused-ring (bicyclic) bond motifs is 3. The predicted octanol–water partition coefficient (Wildman–Crippen LogP) is 6.25. The van der Waals surface area contributed by atoms with E-state index in [2.05, 4.69) is 20.9 Å². The molecule has 0 radical (unpaired) electrons. The van der Waals surface area contributed by atoms with E-state index in [0.29, 0.717) is 27.3 Å². The van der Waals surface area contributed by atoms with Gasteiger partial charge in [0.15, 0.2) is 0 Å². The van der Waals surface area contributed by atoms with Gasteiger partial charge in [0.2, 0.25) is 0 Å². The average Bonchev–Trinajstić information content (AvgIpc) is 3.12. The Morgan fingerprint density at radius 3 is 2.56 bits per heavy atom. The lowest BCUT2D eigenvalue weighted by Gasteiger charge is -2.21. The molecule has 1 aliphatic rings. The highest BCUT2D eigenvalue weighted by atomic mass is 79.9. The Morgan fingerprint density at radius 2 is 1.85 bits per heavy atom. The van der Waals surface area contributed by atoms with Crippen LogP contribution in [0.25, 0.3) is 22.5 Å². The van der Waals surface area contributed by atoms with Crippen LogP contribution in [0.2, 0.25) is 5.02 Å². The second kappa shape index (κ2) is 9.28. The third-order valence-electron chi connectivity index (χ3n) is 6.11. The summed E-state index contributed by atoms with van der Waals surface area (Å²) in [5, 5.41) is 0.646. The summed E-state index contributed by atoms with van der Waals surface area (Å²) >= 11 is 9.75. The summed E-state index contributed by atoms with van der Waals surface area (Å²) in [6, 6.07) is 19.1. The average molecular weight is 538 g/mol. The number of hydrogen-bond acceptors (Lipinski definition) is 3. The number of nitrogens with zero attached hydrogens (tertiary/aromatic N) is 1. The van der Waals surface area contributed by atoms with Gasteiger partial charge in [-0.3, -0.25) is 4.79 Å². The van der Waals surface area contributed by atoms with E-state index in [0.717, 1.165) is 46.5 Å². The summed E-state index contributed by atoms with van der Waals surface area (Å²) in [4.78, 5) is 29.3. The molecule has 7 heteroatoms. The number of aromatic amines is 1. The number of carbonyl (C=O) groups excluding carboxylic acids is 1. The van der Waals surface area contributed by atoms with Gasteiger partial charge in [0.1, 0.15) is 5.69 Å². The van der Waals surface area contributed by atoms with Crippen LogP contribution in [0.5, 0.6) is 0 Å². The highest BCUT2D eigenvalue weighted by Gasteiger charge is 2.32. The number of esters is 1. The third kappa shape index (κ3) is 4.01. The van der Waals surface area contributed by atoms with Crippen LogP contribution in [0.4, 0.5) is 0 Å². The first-order chi connectivity index (χ1) is 16.5. The Hall–Kier alpha value is -3.09. The molecule has 0 fully saturated rings. The molecule has 0 aliphatic heterocycles. The number of pyridine rings is 1. The molecule has 1 N–H and O–H groups in total. The van der Waals surface area contributed by atoms with Gasteiger partial charge in [-0.25, -0.2) is 4.79 Å². The Bertz CT molecular complexity index is 1440. The lowest BCUT2D eigenvalue weighted by Crippen LogP contribution is -2.19. The monoisotopic (exact) mass is 536 g/mol. The van der Waals surface area contributed by atoms with Crippen molar-refractivity contribution in [1.29, 1.82) is 0 Å². The third-order valence-corrected chi connectivity index (χ3v) is 7.22. The summed E-state index contributed by atoms with van der Waals surface area (Å²) in [6.07, 6.45) is 1.49. The fourth-order valence-electron chi connectivity index (χ4n) is 4.56. The van der Waals surface area contributed by atoms with E-state index in [1.807, 2.05) is 65.2 Å². The molecule has 0 bridgehead atoms. The fraction of sp³-hybridized carbons (Fsp3) is 0.185. The van der Waals surface area contributed by atoms with Gasteiger partial charge in [-0.1, -0.05) is 54.1 Å². The van der Waals surface area contributed by atoms with Gasteiger partial charge in [0, 0.05) is 17.1 Å². The molecular formula is C27H22BrClN2O3. The molecule has 2 heterocycles. The van der Waals surface area contributed by atoms with E-state index in [4.69, 9.17) is 16.3 Å². The first-order valence-corrected chi connectivity index (χ1v) is 12.3. The largest absolute Gasteiger partial charge is 0.461 e. The fourth-order valence-corrected chi connectivity index (χ4v) is 5.45. The Labute approximate surface area is 210 Å². The molecule has 5 nitrogen and oxygen atoms in total. The second-order valence-corrected chi connectivity index (χ2v) is 9.43. The Kier molecular flexibility index (Phi) is 6.19. The molecule has 0 saturated heterocycles. The van der Waals surface area contributed by atoms with Crippen molar-refractivity contribution in [1.82, 2.24) is 9.55 Å². The smallest absolute Gasteiger partial charge is 0.356 e. The number of aryl methyl sites for hydroxylation is 1. The van der Waals surface area contributed by atoms with Crippen molar-refractivity contribution in [3.63, 3.8) is 0 Å². The van der Waals surface area contributed by atoms with Crippen LogP contribution in [0.3, 0.4) is 0 Å². The predicted molar refractivity (Wildman–Crippen MR) is 138 cm³/mol. The van der Waals surface area contributed by atoms with Crippen molar-refractivity contribution < 1.29 is 9.53 Å². The van der Waals surface area contributed by atoms with Gasteiger partial charge < -0.3 is 14.3 Å². The van der Waals surface area contributed by atoms with E-state index >= 15 is 0 Å². The SMILES string of the molecule is CCOC(=O)c1c(Br)c2c(n1Cc1ccc(Cl)cc1)-c1[nH]c(=O)c(-c3ccccc3)cc1CC2. The summed E-state index contributed by atoms with van der Waals surface area (Å²) in [7, 11) is 0. The summed E-state index contributed by atoms with van der Waals surface area (Å²) < 4.78 is 8.05. The molecule has 0 amide bonds. The van der Waals surface area contributed by atoms with Crippen molar-refractivity contribution in [2.75, 3.05) is 6.61 Å². The molecule has 0 atom stereocenters. The first kappa shape index (κ1) is 22.7. The Balaban J connectivity index is 1.71. The molecule has 2 aromatic carbocycles. The zero-order valence-electron chi connectivity index (χ0n) is 18.5. The first-order valence-electron chi connectivity index (χ1n) is 11.1. The standard InChI is InChI=1S/C27H22BrClN2O3/c1-2-34-27(33)25-22(28)20-13-10-18-14-21(17-6-4-3-5-7-17)26(32)30-23(18)24(20)31(25)15-16-8-11-19(29)12-9-16/h3-9,11-12,14H,2,10,13,15H2,1H3,(H,30,32). The molecule has 34 heavy (non-hydrogen) atoms. The van der Waals surface area contributed by atoms with E-state index in [1.54, 1.807) is 6.92 Å². The minimum absolute atomic E-state index is 0.161. The van der Waals surface area contributed by atoms with E-state index < -0.39 is 5.97 Å². The molecule has 0 unspecified atom stereocenters. The van der Waals surface area contributed by atoms with Crippen LogP contribution in [-0.2, 0) is 24.1 Å². The van der Waals surface area contributed by atoms with E-state index in [9.17, 15) is 9.59 Å². The van der Waals surface area contributed by atoms with Crippen LogP contribution in [-0.4, -0.2) is 22.1 Å². The molecule has 0 saturated carbocycles. The number of aromatic nitrogens is 2. The number of halogens is 2. The maximum absolute atomic E-state index is 13.2. The van der Waals surface area contributed by atoms with Crippen molar-refractivity contribution in [2.45, 2.75) is 26.3 Å². The quantitative estimate of drug-likeness (QED) is 0.306. The number of benzene rings is 2. The molecule has 5 rings (SSSR count). The van der Waals surface area contributed by atoms with Gasteiger partial charge >= 0.3 is 5.97 Å². The van der Waals surface area contributed by atoms with E-state index in [-0.39, 0.29) is 12.2 Å². The van der Waals surface area contributed by atoms with Crippen LogP contribution in [0, 0.1) is 0 Å². The maximum atomic E-state index is 13.2. The Morgan fingerprint density at radius 1 is 1.12 bits per heavy atom. The number of H-pyrrole nitrogens is 1. The zero-order chi connectivity index (χ0) is 23.8. The van der Waals surface area contributed by atoms with Gasteiger partial charge in [0.25, 0.3) is 5.56 Å². The highest BCUT2D eigenvalue weighted by Crippen LogP contribution is 2.41. The minimum atomic E-state index is -0.400. The van der Waals surface area contributed by atoms with Crippen LogP contribution >= 0.6 is 27.5 Å². The highest BCUT2D eigenvalue weighted by molar-refractivity contribution is 9.10. The minimum Gasteiger partial charge on any atom is -0.461 e. The summed E-state index contributed by atoms with van der Waals surface area (Å²) in [5.74, 6) is -0.400. The number of nitrogens with one attached hydrogen (secondary N) is 1. The van der Waals surface area contributed by atoms with Gasteiger partial charge in [-0.05, 0) is 76.1 Å².